The number of hydrogen-bond acceptors (Lipinski definition) is 6. The average molecular weight is 416 g/mol. The maximum atomic E-state index is 12.7. The number of benzene rings is 1. The number of piperidine rings is 1. The van der Waals surface area contributed by atoms with E-state index in [1.807, 2.05) is 18.2 Å². The molecule has 1 saturated heterocycles. The number of carbonyl (C=O) groups is 2. The van der Waals surface area contributed by atoms with Crippen molar-refractivity contribution in [3.8, 4) is 11.4 Å². The third kappa shape index (κ3) is 4.75. The second-order valence-electron chi connectivity index (χ2n) is 7.60. The molecule has 3 heterocycles. The standard InChI is InChI=1S/C23H24N6O2/c1-3-21(30)27-19-6-10-24-18-5-4-15(14-17(18)19)22-25-11-7-20(28-22)23(31)26-16-8-12-29(2)13-9-16/h3-7,10-11,14,16H,1,8-9,12-13H2,2H3,(H,26,31)(H,24,27,30). The Kier molecular flexibility index (Phi) is 5.99. The molecule has 8 nitrogen and oxygen atoms in total. The first-order chi connectivity index (χ1) is 15.0. The zero-order valence-corrected chi connectivity index (χ0v) is 17.3. The lowest BCUT2D eigenvalue weighted by molar-refractivity contribution is -0.111. The van der Waals surface area contributed by atoms with Gasteiger partial charge in [0.2, 0.25) is 5.91 Å². The van der Waals surface area contributed by atoms with E-state index in [1.54, 1.807) is 24.5 Å². The lowest BCUT2D eigenvalue weighted by atomic mass is 10.1. The highest BCUT2D eigenvalue weighted by molar-refractivity contribution is 6.05. The van der Waals surface area contributed by atoms with Crippen LogP contribution in [0.3, 0.4) is 0 Å². The third-order valence-corrected chi connectivity index (χ3v) is 5.39. The van der Waals surface area contributed by atoms with Crippen LogP contribution in [0.1, 0.15) is 23.3 Å². The molecule has 8 heteroatoms. The van der Waals surface area contributed by atoms with E-state index in [-0.39, 0.29) is 17.9 Å². The van der Waals surface area contributed by atoms with Crippen LogP contribution in [0.5, 0.6) is 0 Å². The van der Waals surface area contributed by atoms with E-state index in [9.17, 15) is 9.59 Å². The fourth-order valence-electron chi connectivity index (χ4n) is 3.61. The van der Waals surface area contributed by atoms with Gasteiger partial charge in [0, 0.05) is 29.4 Å². The molecular formula is C23H24N6O2. The van der Waals surface area contributed by atoms with Crippen LogP contribution in [0.25, 0.3) is 22.3 Å². The van der Waals surface area contributed by atoms with Crippen molar-refractivity contribution in [1.29, 1.82) is 0 Å². The first-order valence-electron chi connectivity index (χ1n) is 10.2. The van der Waals surface area contributed by atoms with E-state index in [1.165, 1.54) is 6.08 Å². The molecule has 31 heavy (non-hydrogen) atoms. The molecule has 1 aliphatic heterocycles. The molecule has 0 atom stereocenters. The number of nitrogens with zero attached hydrogens (tertiary/aromatic N) is 4. The second kappa shape index (κ2) is 9.01. The maximum absolute atomic E-state index is 12.7. The van der Waals surface area contributed by atoms with Gasteiger partial charge in [-0.25, -0.2) is 9.97 Å². The molecule has 1 fully saturated rings. The SMILES string of the molecule is C=CC(=O)Nc1ccnc2ccc(-c3nccc(C(=O)NC4CCN(C)CC4)n3)cc12. The van der Waals surface area contributed by atoms with E-state index in [4.69, 9.17) is 0 Å². The van der Waals surface area contributed by atoms with Gasteiger partial charge in [-0.15, -0.1) is 0 Å². The largest absolute Gasteiger partial charge is 0.348 e. The fourth-order valence-corrected chi connectivity index (χ4v) is 3.61. The number of pyridine rings is 1. The van der Waals surface area contributed by atoms with E-state index in [0.717, 1.165) is 42.4 Å². The van der Waals surface area contributed by atoms with Gasteiger partial charge in [0.25, 0.3) is 5.91 Å². The number of anilines is 1. The van der Waals surface area contributed by atoms with Crippen molar-refractivity contribution in [3.05, 3.63) is 61.1 Å². The summed E-state index contributed by atoms with van der Waals surface area (Å²) in [4.78, 5) is 39.9. The molecule has 0 saturated carbocycles. The van der Waals surface area contributed by atoms with Crippen LogP contribution in [0.15, 0.2) is 55.4 Å². The topological polar surface area (TPSA) is 100 Å². The summed E-state index contributed by atoms with van der Waals surface area (Å²) >= 11 is 0. The highest BCUT2D eigenvalue weighted by atomic mass is 16.2. The van der Waals surface area contributed by atoms with Crippen LogP contribution < -0.4 is 10.6 Å². The molecule has 2 aromatic heterocycles. The number of amides is 2. The number of nitrogens with one attached hydrogen (secondary N) is 2. The molecule has 4 rings (SSSR count). The number of likely N-dealkylation sites (tertiary alicyclic amines) is 1. The molecule has 0 aliphatic carbocycles. The Labute approximate surface area is 180 Å². The summed E-state index contributed by atoms with van der Waals surface area (Å²) in [6.07, 6.45) is 6.28. The van der Waals surface area contributed by atoms with Gasteiger partial charge in [-0.2, -0.15) is 0 Å². The molecule has 0 bridgehead atoms. The first kappa shape index (κ1) is 20.6. The highest BCUT2D eigenvalue weighted by Gasteiger charge is 2.20. The quantitative estimate of drug-likeness (QED) is 0.620. The Hall–Kier alpha value is -3.65. The van der Waals surface area contributed by atoms with Gasteiger partial charge >= 0.3 is 0 Å². The van der Waals surface area contributed by atoms with Gasteiger partial charge in [0.15, 0.2) is 5.82 Å². The molecule has 2 amide bonds. The van der Waals surface area contributed by atoms with Crippen LogP contribution >= 0.6 is 0 Å². The zero-order valence-electron chi connectivity index (χ0n) is 17.3. The predicted molar refractivity (Wildman–Crippen MR) is 120 cm³/mol. The minimum Gasteiger partial charge on any atom is -0.348 e. The van der Waals surface area contributed by atoms with Gasteiger partial charge in [0.1, 0.15) is 5.69 Å². The number of hydrogen-bond donors (Lipinski definition) is 2. The number of rotatable bonds is 5. The number of carbonyl (C=O) groups excluding carboxylic acids is 2. The number of aromatic nitrogens is 3. The lowest BCUT2D eigenvalue weighted by Gasteiger charge is -2.29. The Morgan fingerprint density at radius 1 is 1.13 bits per heavy atom. The molecule has 3 aromatic rings. The third-order valence-electron chi connectivity index (χ3n) is 5.39. The van der Waals surface area contributed by atoms with Crippen molar-refractivity contribution < 1.29 is 9.59 Å². The van der Waals surface area contributed by atoms with E-state index in [0.29, 0.717) is 17.2 Å². The Morgan fingerprint density at radius 2 is 1.90 bits per heavy atom. The highest BCUT2D eigenvalue weighted by Crippen LogP contribution is 2.26. The predicted octanol–water partition coefficient (Wildman–Crippen LogP) is 2.64. The van der Waals surface area contributed by atoms with Crippen LogP contribution in [-0.2, 0) is 4.79 Å². The summed E-state index contributed by atoms with van der Waals surface area (Å²) in [5.41, 5.74) is 2.40. The first-order valence-corrected chi connectivity index (χ1v) is 10.2. The summed E-state index contributed by atoms with van der Waals surface area (Å²) < 4.78 is 0. The van der Waals surface area contributed by atoms with Crippen LogP contribution in [-0.4, -0.2) is 57.8 Å². The van der Waals surface area contributed by atoms with Crippen molar-refractivity contribution >= 4 is 28.4 Å². The minimum absolute atomic E-state index is 0.157. The van der Waals surface area contributed by atoms with Gasteiger partial charge in [-0.05, 0) is 69.4 Å². The number of fused-ring (bicyclic) bond motifs is 1. The van der Waals surface area contributed by atoms with Gasteiger partial charge in [0.05, 0.1) is 11.2 Å². The zero-order chi connectivity index (χ0) is 21.8. The van der Waals surface area contributed by atoms with Gasteiger partial charge in [-0.3, -0.25) is 14.6 Å². The van der Waals surface area contributed by atoms with Crippen molar-refractivity contribution in [1.82, 2.24) is 25.2 Å². The summed E-state index contributed by atoms with van der Waals surface area (Å²) in [6.45, 7) is 5.42. The fraction of sp³-hybridized carbons (Fsp3) is 0.261. The van der Waals surface area contributed by atoms with Crippen molar-refractivity contribution in [2.24, 2.45) is 0 Å². The summed E-state index contributed by atoms with van der Waals surface area (Å²) in [5, 5.41) is 6.61. The van der Waals surface area contributed by atoms with E-state index < -0.39 is 0 Å². The Bertz CT molecular complexity index is 1140. The molecule has 1 aromatic carbocycles. The van der Waals surface area contributed by atoms with Crippen LogP contribution in [0, 0.1) is 0 Å². The summed E-state index contributed by atoms with van der Waals surface area (Å²) in [7, 11) is 2.09. The summed E-state index contributed by atoms with van der Waals surface area (Å²) in [5.74, 6) is -0.0656. The van der Waals surface area contributed by atoms with Crippen LogP contribution in [0.4, 0.5) is 5.69 Å². The molecule has 0 radical (unpaired) electrons. The maximum Gasteiger partial charge on any atom is 0.270 e. The lowest BCUT2D eigenvalue weighted by Crippen LogP contribution is -2.43. The van der Waals surface area contributed by atoms with Gasteiger partial charge in [-0.1, -0.05) is 6.58 Å². The van der Waals surface area contributed by atoms with Crippen LogP contribution in [0.2, 0.25) is 0 Å². The normalized spacial score (nSPS) is 14.9. The molecule has 0 unspecified atom stereocenters. The molecule has 0 spiro atoms. The Balaban J connectivity index is 1.59. The smallest absolute Gasteiger partial charge is 0.270 e. The molecule has 158 valence electrons. The summed E-state index contributed by atoms with van der Waals surface area (Å²) in [6, 6.07) is 9.04. The van der Waals surface area contributed by atoms with E-state index in [2.05, 4.69) is 44.1 Å². The van der Waals surface area contributed by atoms with Crippen molar-refractivity contribution in [3.63, 3.8) is 0 Å². The van der Waals surface area contributed by atoms with Crippen molar-refractivity contribution in [2.45, 2.75) is 18.9 Å². The van der Waals surface area contributed by atoms with Gasteiger partial charge < -0.3 is 15.5 Å². The monoisotopic (exact) mass is 416 g/mol. The Morgan fingerprint density at radius 3 is 2.68 bits per heavy atom. The average Bonchev–Trinajstić information content (AvgIpc) is 2.80. The van der Waals surface area contributed by atoms with E-state index >= 15 is 0 Å². The van der Waals surface area contributed by atoms with Crippen molar-refractivity contribution in [2.75, 3.05) is 25.5 Å². The molecule has 1 aliphatic rings. The molecule has 2 N–H and O–H groups in total. The second-order valence-corrected chi connectivity index (χ2v) is 7.60. The molecular weight excluding hydrogens is 392 g/mol. The minimum atomic E-state index is -0.304.